The van der Waals surface area contributed by atoms with Gasteiger partial charge in [0.2, 0.25) is 0 Å². The Kier molecular flexibility index (Phi) is 7.72. The number of aryl methyl sites for hydroxylation is 1. The van der Waals surface area contributed by atoms with E-state index in [0.29, 0.717) is 43.3 Å². The van der Waals surface area contributed by atoms with Crippen LogP contribution in [0.3, 0.4) is 0 Å². The van der Waals surface area contributed by atoms with Crippen molar-refractivity contribution in [1.29, 1.82) is 0 Å². The second-order valence-corrected chi connectivity index (χ2v) is 10.7. The van der Waals surface area contributed by atoms with E-state index in [-0.39, 0.29) is 17.4 Å². The lowest BCUT2D eigenvalue weighted by molar-refractivity contribution is -0.139. The Labute approximate surface area is 228 Å². The molecule has 0 aliphatic carbocycles. The van der Waals surface area contributed by atoms with Crippen molar-refractivity contribution in [3.8, 4) is 11.5 Å². The number of imidazole rings is 1. The molecule has 8 nitrogen and oxygen atoms in total. The maximum absolute atomic E-state index is 13.4. The van der Waals surface area contributed by atoms with E-state index in [1.165, 1.54) is 0 Å². The summed E-state index contributed by atoms with van der Waals surface area (Å²) in [5.41, 5.74) is 2.28. The number of hydrogen-bond acceptors (Lipinski definition) is 6. The van der Waals surface area contributed by atoms with Crippen LogP contribution < -0.4 is 9.47 Å². The normalized spacial score (nSPS) is 19.9. The number of carbonyl (C=O) groups is 2. The third kappa shape index (κ3) is 5.70. The summed E-state index contributed by atoms with van der Waals surface area (Å²) in [6, 6.07) is 12.1. The number of hydrogen-bond donors (Lipinski definition) is 1. The fraction of sp³-hybridized carbons (Fsp3) is 0.387. The van der Waals surface area contributed by atoms with Crippen LogP contribution >= 0.6 is 0 Å². The van der Waals surface area contributed by atoms with Crippen LogP contribution in [0.25, 0.3) is 5.76 Å². The number of benzene rings is 2. The van der Waals surface area contributed by atoms with Gasteiger partial charge < -0.3 is 24.0 Å². The van der Waals surface area contributed by atoms with Crippen LogP contribution in [0.1, 0.15) is 56.3 Å². The Hall–Kier alpha value is -4.07. The van der Waals surface area contributed by atoms with Crippen LogP contribution in [0.4, 0.5) is 0 Å². The Balaban J connectivity index is 1.50. The summed E-state index contributed by atoms with van der Waals surface area (Å²) in [7, 11) is 0. The van der Waals surface area contributed by atoms with Crippen molar-refractivity contribution in [3.05, 3.63) is 83.4 Å². The molecule has 1 fully saturated rings. The number of aliphatic hydroxyl groups is 1. The highest BCUT2D eigenvalue weighted by Crippen LogP contribution is 2.41. The predicted molar refractivity (Wildman–Crippen MR) is 147 cm³/mol. The maximum atomic E-state index is 13.4. The summed E-state index contributed by atoms with van der Waals surface area (Å²) in [5, 5.41) is 11.5. The van der Waals surface area contributed by atoms with Gasteiger partial charge in [-0.3, -0.25) is 9.59 Å². The largest absolute Gasteiger partial charge is 0.507 e. The third-order valence-corrected chi connectivity index (χ3v) is 7.22. The first-order valence-electron chi connectivity index (χ1n) is 13.6. The van der Waals surface area contributed by atoms with Gasteiger partial charge in [0.25, 0.3) is 11.7 Å². The Bertz CT molecular complexity index is 1380. The van der Waals surface area contributed by atoms with E-state index in [1.54, 1.807) is 23.5 Å². The molecule has 1 saturated heterocycles. The molecule has 204 valence electrons. The highest BCUT2D eigenvalue weighted by molar-refractivity contribution is 6.46. The van der Waals surface area contributed by atoms with Crippen molar-refractivity contribution in [2.75, 3.05) is 13.2 Å². The van der Waals surface area contributed by atoms with Crippen molar-refractivity contribution in [2.45, 2.75) is 58.7 Å². The van der Waals surface area contributed by atoms with Crippen LogP contribution in [-0.2, 0) is 22.6 Å². The lowest BCUT2D eigenvalue weighted by Gasteiger charge is -2.26. The zero-order valence-electron chi connectivity index (χ0n) is 22.7. The van der Waals surface area contributed by atoms with E-state index in [9.17, 15) is 14.7 Å². The quantitative estimate of drug-likeness (QED) is 0.222. The molecule has 8 heteroatoms. The van der Waals surface area contributed by atoms with Crippen LogP contribution in [-0.4, -0.2) is 50.5 Å². The molecular weight excluding hydrogens is 494 g/mol. The van der Waals surface area contributed by atoms with E-state index < -0.39 is 17.7 Å². The monoisotopic (exact) mass is 529 g/mol. The number of carbonyl (C=O) groups excluding carboxylic acids is 2. The number of ketones is 1. The summed E-state index contributed by atoms with van der Waals surface area (Å²) in [5.74, 6) is 0.482. The van der Waals surface area contributed by atoms with Gasteiger partial charge in [-0.1, -0.05) is 26.0 Å². The number of likely N-dealkylation sites (tertiary alicyclic amines) is 1. The van der Waals surface area contributed by atoms with Gasteiger partial charge in [0.05, 0.1) is 24.5 Å². The summed E-state index contributed by atoms with van der Waals surface area (Å²) in [6.45, 7) is 7.84. The summed E-state index contributed by atoms with van der Waals surface area (Å²) in [6.07, 6.45) is 7.61. The van der Waals surface area contributed by atoms with Gasteiger partial charge in [-0.25, -0.2) is 4.98 Å². The molecule has 2 aliphatic heterocycles. The predicted octanol–water partition coefficient (Wildman–Crippen LogP) is 5.14. The highest BCUT2D eigenvalue weighted by Gasteiger charge is 2.46. The van der Waals surface area contributed by atoms with E-state index in [0.717, 1.165) is 29.7 Å². The smallest absolute Gasteiger partial charge is 0.295 e. The minimum Gasteiger partial charge on any atom is -0.507 e. The summed E-state index contributed by atoms with van der Waals surface area (Å²) >= 11 is 0. The molecule has 0 unspecified atom stereocenters. The minimum atomic E-state index is -0.732. The maximum Gasteiger partial charge on any atom is 0.295 e. The highest BCUT2D eigenvalue weighted by atomic mass is 16.5. The van der Waals surface area contributed by atoms with Crippen molar-refractivity contribution in [1.82, 2.24) is 14.5 Å². The van der Waals surface area contributed by atoms with Crippen molar-refractivity contribution >= 4 is 17.4 Å². The molecule has 0 radical (unpaired) electrons. The topological polar surface area (TPSA) is 93.9 Å². The molecule has 0 saturated carbocycles. The second-order valence-electron chi connectivity index (χ2n) is 10.7. The van der Waals surface area contributed by atoms with Crippen LogP contribution in [0.2, 0.25) is 0 Å². The first kappa shape index (κ1) is 26.5. The molecule has 3 aromatic rings. The number of ether oxygens (including phenoxy) is 2. The van der Waals surface area contributed by atoms with Crippen LogP contribution in [0.15, 0.2) is 66.8 Å². The molecule has 2 aliphatic rings. The van der Waals surface area contributed by atoms with E-state index in [1.807, 2.05) is 54.1 Å². The van der Waals surface area contributed by atoms with Crippen LogP contribution in [0.5, 0.6) is 11.5 Å². The Morgan fingerprint density at radius 2 is 2.03 bits per heavy atom. The molecular formula is C31H35N3O5. The average Bonchev–Trinajstić information content (AvgIpc) is 3.62. The van der Waals surface area contributed by atoms with Gasteiger partial charge in [-0.05, 0) is 67.1 Å². The lowest BCUT2D eigenvalue weighted by Crippen LogP contribution is -2.31. The van der Waals surface area contributed by atoms with E-state index in [2.05, 4.69) is 18.8 Å². The van der Waals surface area contributed by atoms with Gasteiger partial charge in [-0.15, -0.1) is 0 Å². The molecule has 1 amide bonds. The average molecular weight is 530 g/mol. The molecule has 39 heavy (non-hydrogen) atoms. The van der Waals surface area contributed by atoms with Crippen LogP contribution in [0, 0.1) is 5.92 Å². The standard InChI is InChI=1S/C31H35N3O5/c1-20(2)10-15-38-25-7-4-6-22(18-25)28-27(29(35)23-8-9-26-24(17-23)16-21(3)39-26)30(36)31(37)34(28)13-5-12-33-14-11-32-19-33/h4,6-9,11,14,17-21,28,35H,5,10,12-13,15-16H2,1-3H3/t21-,28+/m0/s1. The summed E-state index contributed by atoms with van der Waals surface area (Å²) < 4.78 is 13.7. The number of rotatable bonds is 10. The minimum absolute atomic E-state index is 0.0527. The van der Waals surface area contributed by atoms with Gasteiger partial charge >= 0.3 is 0 Å². The molecule has 2 atom stereocenters. The molecule has 0 bridgehead atoms. The van der Waals surface area contributed by atoms with Crippen molar-refractivity contribution in [3.63, 3.8) is 0 Å². The van der Waals surface area contributed by atoms with E-state index >= 15 is 0 Å². The molecule has 5 rings (SSSR count). The zero-order chi connectivity index (χ0) is 27.5. The van der Waals surface area contributed by atoms with Crippen molar-refractivity contribution < 1.29 is 24.2 Å². The third-order valence-electron chi connectivity index (χ3n) is 7.22. The molecule has 2 aromatic carbocycles. The van der Waals surface area contributed by atoms with Crippen molar-refractivity contribution in [2.24, 2.45) is 5.92 Å². The number of aliphatic hydroxyl groups excluding tert-OH is 1. The lowest BCUT2D eigenvalue weighted by atomic mass is 9.94. The Morgan fingerprint density at radius 3 is 2.79 bits per heavy atom. The summed E-state index contributed by atoms with van der Waals surface area (Å²) in [4.78, 5) is 32.4. The molecule has 0 spiro atoms. The van der Waals surface area contributed by atoms with Gasteiger partial charge in [-0.2, -0.15) is 0 Å². The second kappa shape index (κ2) is 11.4. The SMILES string of the molecule is CC(C)CCOc1cccc([C@@H]2C(=C(O)c3ccc4c(c3)C[C@H](C)O4)C(=O)C(=O)N2CCCn2ccnc2)c1. The fourth-order valence-corrected chi connectivity index (χ4v) is 5.21. The number of fused-ring (bicyclic) bond motifs is 1. The van der Waals surface area contributed by atoms with Gasteiger partial charge in [0.1, 0.15) is 23.4 Å². The number of aromatic nitrogens is 2. The van der Waals surface area contributed by atoms with Gasteiger partial charge in [0, 0.05) is 37.5 Å². The molecule has 1 N–H and O–H groups in total. The Morgan fingerprint density at radius 1 is 1.18 bits per heavy atom. The number of Topliss-reactive ketones (excluding diaryl/α,β-unsaturated/α-hetero) is 1. The molecule has 1 aromatic heterocycles. The zero-order valence-corrected chi connectivity index (χ0v) is 22.7. The first-order chi connectivity index (χ1) is 18.8. The first-order valence-corrected chi connectivity index (χ1v) is 13.6. The number of nitrogens with zero attached hydrogens (tertiary/aromatic N) is 3. The van der Waals surface area contributed by atoms with Gasteiger partial charge in [0.15, 0.2) is 0 Å². The fourth-order valence-electron chi connectivity index (χ4n) is 5.21. The number of amides is 1. The van der Waals surface area contributed by atoms with E-state index in [4.69, 9.17) is 9.47 Å². The molecule has 3 heterocycles.